The van der Waals surface area contributed by atoms with Gasteiger partial charge >= 0.3 is 0 Å². The average molecular weight is 371 g/mol. The minimum Gasteiger partial charge on any atom is -0.492 e. The van der Waals surface area contributed by atoms with Gasteiger partial charge in [0, 0.05) is 0 Å². The van der Waals surface area contributed by atoms with E-state index in [4.69, 9.17) is 0 Å². The first-order chi connectivity index (χ1) is 12.5. The molecule has 0 bridgehead atoms. The fraction of sp³-hybridized carbons (Fsp3) is 0.500. The van der Waals surface area contributed by atoms with E-state index >= 15 is 0 Å². The lowest BCUT2D eigenvalue weighted by Crippen LogP contribution is -2.34. The first-order valence-electron chi connectivity index (χ1n) is 9.43. The largest absolute Gasteiger partial charge is 0.492 e. The summed E-state index contributed by atoms with van der Waals surface area (Å²) < 4.78 is 1.58. The van der Waals surface area contributed by atoms with Crippen LogP contribution in [-0.2, 0) is 0 Å². The predicted octanol–water partition coefficient (Wildman–Crippen LogP) is 4.50. The van der Waals surface area contributed by atoms with Gasteiger partial charge in [0.05, 0.1) is 10.9 Å². The molecule has 3 aromatic rings. The van der Waals surface area contributed by atoms with Gasteiger partial charge in [0.15, 0.2) is 0 Å². The van der Waals surface area contributed by atoms with Crippen LogP contribution < -0.4 is 0 Å². The third kappa shape index (κ3) is 3.12. The molecule has 1 N–H and O–H groups in total. The van der Waals surface area contributed by atoms with Crippen molar-refractivity contribution in [3.63, 3.8) is 0 Å². The standard InChI is InChI=1S/C20H26N4OS/c1-13(2)15-7-9-16(10-8-15)17(23-11-5-4-6-12-23)18-19(25)24-20(26-18)21-14(3)22-24/h7-10,13,17,25H,4-6,11-12H2,1-3H3/t17-/m0/s1. The van der Waals surface area contributed by atoms with E-state index < -0.39 is 0 Å². The number of hydrogen-bond acceptors (Lipinski definition) is 5. The summed E-state index contributed by atoms with van der Waals surface area (Å²) in [4.78, 5) is 8.64. The highest BCUT2D eigenvalue weighted by atomic mass is 32.1. The Morgan fingerprint density at radius 3 is 2.31 bits per heavy atom. The van der Waals surface area contributed by atoms with Gasteiger partial charge in [-0.1, -0.05) is 55.9 Å². The summed E-state index contributed by atoms with van der Waals surface area (Å²) in [5, 5.41) is 15.2. The molecule has 5 nitrogen and oxygen atoms in total. The number of nitrogens with zero attached hydrogens (tertiary/aromatic N) is 4. The molecule has 0 spiro atoms. The second-order valence-electron chi connectivity index (χ2n) is 7.46. The molecular weight excluding hydrogens is 344 g/mol. The zero-order chi connectivity index (χ0) is 18.3. The van der Waals surface area contributed by atoms with Gasteiger partial charge in [-0.3, -0.25) is 4.90 Å². The number of likely N-dealkylation sites (tertiary alicyclic amines) is 1. The number of aryl methyl sites for hydroxylation is 1. The van der Waals surface area contributed by atoms with Crippen LogP contribution in [0.25, 0.3) is 4.96 Å². The average Bonchev–Trinajstić information content (AvgIpc) is 3.14. The van der Waals surface area contributed by atoms with Gasteiger partial charge in [-0.15, -0.1) is 5.10 Å². The molecule has 1 aromatic carbocycles. The van der Waals surface area contributed by atoms with Crippen molar-refractivity contribution in [1.29, 1.82) is 0 Å². The van der Waals surface area contributed by atoms with Crippen LogP contribution in [0, 0.1) is 6.92 Å². The quantitative estimate of drug-likeness (QED) is 0.734. The number of aromatic hydroxyl groups is 1. The van der Waals surface area contributed by atoms with Crippen molar-refractivity contribution >= 4 is 16.3 Å². The number of thiazole rings is 1. The van der Waals surface area contributed by atoms with E-state index in [0.29, 0.717) is 11.7 Å². The topological polar surface area (TPSA) is 53.7 Å². The van der Waals surface area contributed by atoms with E-state index in [9.17, 15) is 5.11 Å². The Bertz CT molecular complexity index is 891. The van der Waals surface area contributed by atoms with Crippen molar-refractivity contribution in [1.82, 2.24) is 19.5 Å². The third-order valence-corrected chi connectivity index (χ3v) is 6.30. The van der Waals surface area contributed by atoms with Crippen LogP contribution in [0.1, 0.15) is 66.9 Å². The molecular formula is C20H26N4OS. The third-order valence-electron chi connectivity index (χ3n) is 5.23. The zero-order valence-corrected chi connectivity index (χ0v) is 16.5. The molecule has 138 valence electrons. The first kappa shape index (κ1) is 17.5. The number of hydrogen-bond donors (Lipinski definition) is 1. The second kappa shape index (κ2) is 7.00. The fourth-order valence-corrected chi connectivity index (χ4v) is 4.96. The van der Waals surface area contributed by atoms with Gasteiger partial charge in [0.2, 0.25) is 10.8 Å². The van der Waals surface area contributed by atoms with Crippen molar-refractivity contribution in [2.75, 3.05) is 13.1 Å². The van der Waals surface area contributed by atoms with Gasteiger partial charge in [0.25, 0.3) is 0 Å². The van der Waals surface area contributed by atoms with Gasteiger partial charge < -0.3 is 5.11 Å². The SMILES string of the molecule is Cc1nc2sc([C@H](c3ccc(C(C)C)cc3)N3CCCCC3)c(O)n2n1. The molecule has 0 amide bonds. The second-order valence-corrected chi connectivity index (χ2v) is 8.47. The minimum absolute atomic E-state index is 0.0605. The number of rotatable bonds is 4. The van der Waals surface area contributed by atoms with Crippen LogP contribution in [0.3, 0.4) is 0 Å². The summed E-state index contributed by atoms with van der Waals surface area (Å²) in [6, 6.07) is 8.93. The molecule has 3 heterocycles. The highest BCUT2D eigenvalue weighted by Crippen LogP contribution is 2.41. The number of aromatic nitrogens is 3. The summed E-state index contributed by atoms with van der Waals surface area (Å²) in [6.07, 6.45) is 3.71. The van der Waals surface area contributed by atoms with Crippen molar-refractivity contribution in [3.8, 4) is 5.88 Å². The van der Waals surface area contributed by atoms with Gasteiger partial charge in [-0.25, -0.2) is 4.98 Å². The molecule has 26 heavy (non-hydrogen) atoms. The molecule has 0 radical (unpaired) electrons. The van der Waals surface area contributed by atoms with Crippen LogP contribution in [0.5, 0.6) is 5.88 Å². The first-order valence-corrected chi connectivity index (χ1v) is 10.2. The van der Waals surface area contributed by atoms with Crippen molar-refractivity contribution < 1.29 is 5.11 Å². The molecule has 1 aliphatic heterocycles. The number of benzene rings is 1. The highest BCUT2D eigenvalue weighted by Gasteiger charge is 2.30. The normalized spacial score (nSPS) is 17.2. The summed E-state index contributed by atoms with van der Waals surface area (Å²) in [6.45, 7) is 8.40. The highest BCUT2D eigenvalue weighted by molar-refractivity contribution is 7.17. The maximum absolute atomic E-state index is 10.9. The van der Waals surface area contributed by atoms with Gasteiger partial charge in [-0.05, 0) is 49.9 Å². The Kier molecular flexibility index (Phi) is 4.71. The lowest BCUT2D eigenvalue weighted by Gasteiger charge is -2.34. The van der Waals surface area contributed by atoms with Crippen LogP contribution in [0.2, 0.25) is 0 Å². The monoisotopic (exact) mass is 370 g/mol. The van der Waals surface area contributed by atoms with Crippen molar-refractivity contribution in [3.05, 3.63) is 46.1 Å². The maximum Gasteiger partial charge on any atom is 0.230 e. The minimum atomic E-state index is 0.0605. The lowest BCUT2D eigenvalue weighted by molar-refractivity contribution is 0.186. The molecule has 1 fully saturated rings. The molecule has 0 saturated carbocycles. The molecule has 1 aliphatic rings. The predicted molar refractivity (Wildman–Crippen MR) is 105 cm³/mol. The zero-order valence-electron chi connectivity index (χ0n) is 15.6. The van der Waals surface area contributed by atoms with E-state index in [1.165, 1.54) is 30.4 Å². The molecule has 6 heteroatoms. The maximum atomic E-state index is 10.9. The van der Waals surface area contributed by atoms with Crippen LogP contribution >= 0.6 is 11.3 Å². The Balaban J connectivity index is 1.78. The van der Waals surface area contributed by atoms with Gasteiger partial charge in [0.1, 0.15) is 5.82 Å². The summed E-state index contributed by atoms with van der Waals surface area (Å²) in [7, 11) is 0. The van der Waals surface area contributed by atoms with Crippen molar-refractivity contribution in [2.24, 2.45) is 0 Å². The Labute approximate surface area is 158 Å². The molecule has 0 aliphatic carbocycles. The summed E-state index contributed by atoms with van der Waals surface area (Å²) in [5.74, 6) is 1.44. The van der Waals surface area contributed by atoms with E-state index in [1.54, 1.807) is 15.9 Å². The number of piperidine rings is 1. The molecule has 2 aromatic heterocycles. The van der Waals surface area contributed by atoms with Crippen molar-refractivity contribution in [2.45, 2.75) is 52.0 Å². The van der Waals surface area contributed by atoms with Crippen LogP contribution in [0.4, 0.5) is 0 Å². The van der Waals surface area contributed by atoms with E-state index in [-0.39, 0.29) is 11.9 Å². The Morgan fingerprint density at radius 1 is 1.04 bits per heavy atom. The van der Waals surface area contributed by atoms with Crippen LogP contribution in [0.15, 0.2) is 24.3 Å². The summed E-state index contributed by atoms with van der Waals surface area (Å²) in [5.41, 5.74) is 2.57. The Morgan fingerprint density at radius 2 is 1.69 bits per heavy atom. The molecule has 4 rings (SSSR count). The summed E-state index contributed by atoms with van der Waals surface area (Å²) >= 11 is 1.55. The number of fused-ring (bicyclic) bond motifs is 1. The molecule has 1 saturated heterocycles. The van der Waals surface area contributed by atoms with Crippen LogP contribution in [-0.4, -0.2) is 37.7 Å². The lowest BCUT2D eigenvalue weighted by atomic mass is 9.96. The van der Waals surface area contributed by atoms with Gasteiger partial charge in [-0.2, -0.15) is 4.52 Å². The Hall–Kier alpha value is -1.92. The smallest absolute Gasteiger partial charge is 0.230 e. The van der Waals surface area contributed by atoms with E-state index in [1.807, 2.05) is 6.92 Å². The fourth-order valence-electron chi connectivity index (χ4n) is 3.79. The molecule has 0 unspecified atom stereocenters. The van der Waals surface area contributed by atoms with E-state index in [0.717, 1.165) is 22.9 Å². The van der Waals surface area contributed by atoms with E-state index in [2.05, 4.69) is 53.1 Å². The molecule has 1 atom stereocenters.